The Hall–Kier alpha value is -2.86. The zero-order valence-electron chi connectivity index (χ0n) is 17.2. The number of methoxy groups -OCH3 is 1. The molecule has 6 heteroatoms. The fraction of sp³-hybridized carbons (Fsp3) is 0.391. The number of benzene rings is 2. The van der Waals surface area contributed by atoms with Crippen molar-refractivity contribution in [1.82, 2.24) is 4.90 Å². The summed E-state index contributed by atoms with van der Waals surface area (Å²) in [4.78, 5) is 31.5. The normalized spacial score (nSPS) is 20.4. The van der Waals surface area contributed by atoms with E-state index in [1.165, 1.54) is 21.7 Å². The average molecular weight is 393 g/mol. The topological polar surface area (TPSA) is 53.1 Å². The number of aryl methyl sites for hydroxylation is 2. The summed E-state index contributed by atoms with van der Waals surface area (Å²) < 4.78 is 5.16. The summed E-state index contributed by atoms with van der Waals surface area (Å²) in [5.41, 5.74) is 4.39. The summed E-state index contributed by atoms with van der Waals surface area (Å²) >= 11 is 0. The smallest absolute Gasteiger partial charge is 0.251 e. The van der Waals surface area contributed by atoms with Gasteiger partial charge in [0.15, 0.2) is 0 Å². The molecule has 2 aromatic carbocycles. The Kier molecular flexibility index (Phi) is 5.28. The molecule has 2 aliphatic heterocycles. The molecule has 1 atom stereocenters. The summed E-state index contributed by atoms with van der Waals surface area (Å²) in [6.45, 7) is 7.49. The predicted octanol–water partition coefficient (Wildman–Crippen LogP) is 2.77. The van der Waals surface area contributed by atoms with Crippen LogP contribution in [0.4, 0.5) is 11.4 Å². The first-order valence-corrected chi connectivity index (χ1v) is 10.0. The van der Waals surface area contributed by atoms with Gasteiger partial charge in [-0.15, -0.1) is 0 Å². The number of ether oxygens (including phenoxy) is 1. The zero-order valence-corrected chi connectivity index (χ0v) is 17.2. The van der Waals surface area contributed by atoms with Gasteiger partial charge in [0.05, 0.1) is 25.3 Å². The van der Waals surface area contributed by atoms with E-state index in [0.717, 1.165) is 26.2 Å². The number of piperazine rings is 1. The van der Waals surface area contributed by atoms with Crippen molar-refractivity contribution < 1.29 is 14.3 Å². The van der Waals surface area contributed by atoms with Crippen LogP contribution in [0, 0.1) is 13.8 Å². The molecule has 2 amide bonds. The van der Waals surface area contributed by atoms with Crippen LogP contribution < -0.4 is 14.5 Å². The maximum Gasteiger partial charge on any atom is 0.251 e. The Morgan fingerprint density at radius 2 is 1.62 bits per heavy atom. The van der Waals surface area contributed by atoms with Gasteiger partial charge in [-0.05, 0) is 55.3 Å². The molecule has 2 aromatic rings. The number of hydrogen-bond donors (Lipinski definition) is 0. The number of hydrogen-bond acceptors (Lipinski definition) is 5. The van der Waals surface area contributed by atoms with Crippen LogP contribution in [0.5, 0.6) is 5.75 Å². The first-order valence-electron chi connectivity index (χ1n) is 10.0. The quantitative estimate of drug-likeness (QED) is 0.748. The molecule has 0 N–H and O–H groups in total. The Balaban J connectivity index is 1.44. The Labute approximate surface area is 171 Å². The van der Waals surface area contributed by atoms with Gasteiger partial charge in [0.1, 0.15) is 5.75 Å². The highest BCUT2D eigenvalue weighted by atomic mass is 16.5. The molecule has 6 nitrogen and oxygen atoms in total. The van der Waals surface area contributed by atoms with Gasteiger partial charge >= 0.3 is 0 Å². The van der Waals surface area contributed by atoms with E-state index in [1.54, 1.807) is 31.4 Å². The lowest BCUT2D eigenvalue weighted by Crippen LogP contribution is -2.52. The lowest BCUT2D eigenvalue weighted by atomic mass is 10.1. The van der Waals surface area contributed by atoms with Crippen molar-refractivity contribution in [3.8, 4) is 5.75 Å². The molecule has 2 heterocycles. The molecule has 29 heavy (non-hydrogen) atoms. The number of amides is 2. The van der Waals surface area contributed by atoms with Gasteiger partial charge in [-0.3, -0.25) is 14.5 Å². The molecule has 0 radical (unpaired) electrons. The zero-order chi connectivity index (χ0) is 20.5. The number of anilines is 2. The molecule has 0 spiro atoms. The van der Waals surface area contributed by atoms with Crippen LogP contribution in [-0.2, 0) is 9.59 Å². The van der Waals surface area contributed by atoms with Gasteiger partial charge in [-0.1, -0.05) is 12.1 Å². The Morgan fingerprint density at radius 1 is 0.931 bits per heavy atom. The van der Waals surface area contributed by atoms with Crippen LogP contribution >= 0.6 is 0 Å². The molecule has 4 rings (SSSR count). The van der Waals surface area contributed by atoms with E-state index in [2.05, 4.69) is 41.8 Å². The lowest BCUT2D eigenvalue weighted by Gasteiger charge is -2.38. The lowest BCUT2D eigenvalue weighted by molar-refractivity contribution is -0.123. The van der Waals surface area contributed by atoms with Gasteiger partial charge < -0.3 is 9.64 Å². The van der Waals surface area contributed by atoms with Crippen molar-refractivity contribution in [2.24, 2.45) is 0 Å². The molecular formula is C23H27N3O3. The standard InChI is InChI=1S/C23H27N3O3/c1-16-4-5-17(2)20(14-16)24-10-12-25(13-11-24)21-15-22(27)26(23(21)28)18-6-8-19(29-3)9-7-18/h4-9,14,21H,10-13,15H2,1-3H3. The van der Waals surface area contributed by atoms with Gasteiger partial charge in [-0.25, -0.2) is 4.90 Å². The summed E-state index contributed by atoms with van der Waals surface area (Å²) in [6, 6.07) is 13.2. The van der Waals surface area contributed by atoms with Crippen LogP contribution in [0.15, 0.2) is 42.5 Å². The molecule has 152 valence electrons. The van der Waals surface area contributed by atoms with Crippen molar-refractivity contribution in [2.75, 3.05) is 43.1 Å². The maximum absolute atomic E-state index is 13.0. The molecule has 0 saturated carbocycles. The molecular weight excluding hydrogens is 366 g/mol. The monoisotopic (exact) mass is 393 g/mol. The van der Waals surface area contributed by atoms with Gasteiger partial charge in [-0.2, -0.15) is 0 Å². The van der Waals surface area contributed by atoms with Gasteiger partial charge in [0.2, 0.25) is 5.91 Å². The third kappa shape index (κ3) is 3.72. The second-order valence-electron chi connectivity index (χ2n) is 7.80. The van der Waals surface area contributed by atoms with E-state index in [4.69, 9.17) is 4.74 Å². The molecule has 0 bridgehead atoms. The number of carbonyl (C=O) groups is 2. The number of imide groups is 1. The fourth-order valence-corrected chi connectivity index (χ4v) is 4.24. The summed E-state index contributed by atoms with van der Waals surface area (Å²) in [5.74, 6) is 0.439. The summed E-state index contributed by atoms with van der Waals surface area (Å²) in [6.07, 6.45) is 0.244. The second kappa shape index (κ2) is 7.87. The highest BCUT2D eigenvalue weighted by molar-refractivity contribution is 6.22. The van der Waals surface area contributed by atoms with Gasteiger partial charge in [0, 0.05) is 31.9 Å². The Bertz CT molecular complexity index is 917. The Morgan fingerprint density at radius 3 is 2.28 bits per heavy atom. The van der Waals surface area contributed by atoms with Crippen molar-refractivity contribution in [2.45, 2.75) is 26.3 Å². The van der Waals surface area contributed by atoms with Crippen molar-refractivity contribution >= 4 is 23.2 Å². The molecule has 2 fully saturated rings. The fourth-order valence-electron chi connectivity index (χ4n) is 4.24. The minimum Gasteiger partial charge on any atom is -0.497 e. The molecule has 0 aromatic heterocycles. The minimum absolute atomic E-state index is 0.125. The highest BCUT2D eigenvalue weighted by Gasteiger charge is 2.43. The molecule has 2 aliphatic rings. The number of nitrogens with zero attached hydrogens (tertiary/aromatic N) is 3. The number of rotatable bonds is 4. The number of carbonyl (C=O) groups excluding carboxylic acids is 2. The predicted molar refractivity (Wildman–Crippen MR) is 114 cm³/mol. The van der Waals surface area contributed by atoms with Crippen LogP contribution in [0.2, 0.25) is 0 Å². The average Bonchev–Trinajstić information content (AvgIpc) is 3.04. The first kappa shape index (κ1) is 19.5. The minimum atomic E-state index is -0.370. The maximum atomic E-state index is 13.0. The van der Waals surface area contributed by atoms with Crippen molar-refractivity contribution in [3.63, 3.8) is 0 Å². The van der Waals surface area contributed by atoms with E-state index < -0.39 is 0 Å². The van der Waals surface area contributed by atoms with E-state index in [0.29, 0.717) is 11.4 Å². The highest BCUT2D eigenvalue weighted by Crippen LogP contribution is 2.29. The second-order valence-corrected chi connectivity index (χ2v) is 7.80. The molecule has 2 saturated heterocycles. The molecule has 1 unspecified atom stereocenters. The summed E-state index contributed by atoms with van der Waals surface area (Å²) in [5, 5.41) is 0. The largest absolute Gasteiger partial charge is 0.497 e. The first-order chi connectivity index (χ1) is 14.0. The third-order valence-corrected chi connectivity index (χ3v) is 5.91. The van der Waals surface area contributed by atoms with Crippen LogP contribution in [0.3, 0.4) is 0 Å². The van der Waals surface area contributed by atoms with E-state index in [9.17, 15) is 9.59 Å². The third-order valence-electron chi connectivity index (χ3n) is 5.91. The van der Waals surface area contributed by atoms with E-state index in [1.807, 2.05) is 0 Å². The van der Waals surface area contributed by atoms with E-state index >= 15 is 0 Å². The summed E-state index contributed by atoms with van der Waals surface area (Å²) in [7, 11) is 1.59. The molecule has 0 aliphatic carbocycles. The van der Waals surface area contributed by atoms with Crippen molar-refractivity contribution in [3.05, 3.63) is 53.6 Å². The van der Waals surface area contributed by atoms with E-state index in [-0.39, 0.29) is 24.3 Å². The van der Waals surface area contributed by atoms with Crippen LogP contribution in [0.25, 0.3) is 0 Å². The van der Waals surface area contributed by atoms with Crippen LogP contribution in [0.1, 0.15) is 17.5 Å². The van der Waals surface area contributed by atoms with Gasteiger partial charge in [0.25, 0.3) is 5.91 Å². The van der Waals surface area contributed by atoms with Crippen molar-refractivity contribution in [1.29, 1.82) is 0 Å². The SMILES string of the molecule is COc1ccc(N2C(=O)CC(N3CCN(c4cc(C)ccc4C)CC3)C2=O)cc1. The van der Waals surface area contributed by atoms with Crippen LogP contribution in [-0.4, -0.2) is 56.0 Å².